The summed E-state index contributed by atoms with van der Waals surface area (Å²) < 4.78 is 25.3. The van der Waals surface area contributed by atoms with Crippen LogP contribution in [0.15, 0.2) is 34.7 Å². The van der Waals surface area contributed by atoms with Crippen LogP contribution in [0.5, 0.6) is 0 Å². The fourth-order valence-electron chi connectivity index (χ4n) is 1.49. The van der Waals surface area contributed by atoms with Crippen molar-refractivity contribution in [3.05, 3.63) is 40.4 Å². The molecule has 1 aromatic carbocycles. The molecule has 0 radical (unpaired) electrons. The molecule has 0 fully saturated rings. The quantitative estimate of drug-likeness (QED) is 0.922. The Balaban J connectivity index is 2.37. The van der Waals surface area contributed by atoms with Crippen LogP contribution in [0.2, 0.25) is 5.02 Å². The maximum Gasteiger partial charge on any atom is 0.257 e. The summed E-state index contributed by atoms with van der Waals surface area (Å²) in [7, 11) is -0.924. The number of anilines is 1. The molecule has 0 spiro atoms. The Kier molecular flexibility index (Phi) is 4.62. The molecule has 1 amide bonds. The molecule has 9 heteroatoms. The van der Waals surface area contributed by atoms with E-state index in [4.69, 9.17) is 11.6 Å². The zero-order valence-corrected chi connectivity index (χ0v) is 13.6. The van der Waals surface area contributed by atoms with Crippen LogP contribution in [0.1, 0.15) is 10.4 Å². The van der Waals surface area contributed by atoms with Crippen molar-refractivity contribution in [1.29, 1.82) is 0 Å². The molecule has 0 saturated carbocycles. The second-order valence-corrected chi connectivity index (χ2v) is 7.65. The standard InChI is InChI=1S/C12H12ClN3O3S2/c1-16(2)21(18,19)10-7-8(3-4-9(10)13)11(17)15-12-14-5-6-20-12/h3-7H,1-2H3,(H,14,15,17). The van der Waals surface area contributed by atoms with Crippen LogP contribution in [0.3, 0.4) is 0 Å². The first kappa shape index (κ1) is 15.9. The summed E-state index contributed by atoms with van der Waals surface area (Å²) in [6, 6.07) is 4.09. The molecule has 0 saturated heterocycles. The highest BCUT2D eigenvalue weighted by molar-refractivity contribution is 7.89. The number of carbonyl (C=O) groups excluding carboxylic acids is 1. The van der Waals surface area contributed by atoms with Crippen molar-refractivity contribution >= 4 is 44.0 Å². The second-order valence-electron chi connectivity index (χ2n) is 4.22. The van der Waals surface area contributed by atoms with Crippen LogP contribution in [0.25, 0.3) is 0 Å². The highest BCUT2D eigenvalue weighted by Gasteiger charge is 2.22. The Morgan fingerprint density at radius 2 is 2.10 bits per heavy atom. The summed E-state index contributed by atoms with van der Waals surface area (Å²) >= 11 is 7.19. The monoisotopic (exact) mass is 345 g/mol. The number of amides is 1. The van der Waals surface area contributed by atoms with Crippen LogP contribution in [0.4, 0.5) is 5.13 Å². The van der Waals surface area contributed by atoms with Gasteiger partial charge < -0.3 is 0 Å². The molecule has 0 aliphatic heterocycles. The summed E-state index contributed by atoms with van der Waals surface area (Å²) in [6.07, 6.45) is 1.56. The van der Waals surface area contributed by atoms with Gasteiger partial charge in [-0.05, 0) is 18.2 Å². The van der Waals surface area contributed by atoms with Crippen LogP contribution in [0, 0.1) is 0 Å². The summed E-state index contributed by atoms with van der Waals surface area (Å²) in [6.45, 7) is 0. The van der Waals surface area contributed by atoms with Crippen LogP contribution >= 0.6 is 22.9 Å². The maximum atomic E-state index is 12.1. The highest BCUT2D eigenvalue weighted by Crippen LogP contribution is 2.25. The lowest BCUT2D eigenvalue weighted by molar-refractivity contribution is 0.102. The molecule has 2 rings (SSSR count). The van der Waals surface area contributed by atoms with E-state index in [2.05, 4.69) is 10.3 Å². The van der Waals surface area contributed by atoms with E-state index in [1.807, 2.05) is 0 Å². The number of rotatable bonds is 4. The van der Waals surface area contributed by atoms with Gasteiger partial charge in [-0.3, -0.25) is 10.1 Å². The zero-order chi connectivity index (χ0) is 15.6. The van der Waals surface area contributed by atoms with Crippen molar-refractivity contribution in [2.75, 3.05) is 19.4 Å². The van der Waals surface area contributed by atoms with Crippen molar-refractivity contribution in [1.82, 2.24) is 9.29 Å². The molecule has 0 bridgehead atoms. The fraction of sp³-hybridized carbons (Fsp3) is 0.167. The van der Waals surface area contributed by atoms with Gasteiger partial charge in [0.1, 0.15) is 4.90 Å². The third-order valence-electron chi connectivity index (χ3n) is 2.60. The molecule has 112 valence electrons. The summed E-state index contributed by atoms with van der Waals surface area (Å²) in [5.74, 6) is -0.447. The van der Waals surface area contributed by atoms with Gasteiger partial charge in [-0.25, -0.2) is 17.7 Å². The molecule has 6 nitrogen and oxygen atoms in total. The number of hydrogen-bond acceptors (Lipinski definition) is 5. The average Bonchev–Trinajstić information content (AvgIpc) is 2.91. The van der Waals surface area contributed by atoms with Gasteiger partial charge in [0.2, 0.25) is 10.0 Å². The van der Waals surface area contributed by atoms with Crippen LogP contribution in [-0.4, -0.2) is 37.7 Å². The van der Waals surface area contributed by atoms with Crippen molar-refractivity contribution in [2.24, 2.45) is 0 Å². The highest BCUT2D eigenvalue weighted by atomic mass is 35.5. The predicted molar refractivity (Wildman–Crippen MR) is 82.4 cm³/mol. The van der Waals surface area contributed by atoms with E-state index in [0.717, 1.165) is 4.31 Å². The molecule has 2 aromatic rings. The summed E-state index contributed by atoms with van der Waals surface area (Å²) in [5, 5.41) is 4.81. The third kappa shape index (κ3) is 3.41. The van der Waals surface area contributed by atoms with E-state index in [-0.39, 0.29) is 15.5 Å². The van der Waals surface area contributed by atoms with Crippen molar-refractivity contribution < 1.29 is 13.2 Å². The van der Waals surface area contributed by atoms with Gasteiger partial charge in [0, 0.05) is 31.2 Å². The van der Waals surface area contributed by atoms with Crippen molar-refractivity contribution in [3.8, 4) is 0 Å². The third-order valence-corrected chi connectivity index (χ3v) is 5.59. The zero-order valence-electron chi connectivity index (χ0n) is 11.2. The number of carbonyl (C=O) groups is 1. The molecule has 1 N–H and O–H groups in total. The number of nitrogens with one attached hydrogen (secondary N) is 1. The second kappa shape index (κ2) is 6.10. The van der Waals surface area contributed by atoms with Crippen LogP contribution in [-0.2, 0) is 10.0 Å². The largest absolute Gasteiger partial charge is 0.298 e. The maximum absolute atomic E-state index is 12.1. The number of nitrogens with zero attached hydrogens (tertiary/aromatic N) is 2. The molecule has 1 aromatic heterocycles. The van der Waals surface area contributed by atoms with Gasteiger partial charge in [0.15, 0.2) is 5.13 Å². The van der Waals surface area contributed by atoms with E-state index >= 15 is 0 Å². The SMILES string of the molecule is CN(C)S(=O)(=O)c1cc(C(=O)Nc2nccs2)ccc1Cl. The molecule has 0 aliphatic rings. The molecule has 1 heterocycles. The van der Waals surface area contributed by atoms with Gasteiger partial charge in [-0.2, -0.15) is 0 Å². The number of sulfonamides is 1. The van der Waals surface area contributed by atoms with E-state index in [0.29, 0.717) is 5.13 Å². The smallest absolute Gasteiger partial charge is 0.257 e. The first-order chi connectivity index (χ1) is 9.82. The number of aromatic nitrogens is 1. The molecular weight excluding hydrogens is 334 g/mol. The minimum Gasteiger partial charge on any atom is -0.298 e. The Morgan fingerprint density at radius 3 is 2.67 bits per heavy atom. The van der Waals surface area contributed by atoms with E-state index in [9.17, 15) is 13.2 Å². The minimum atomic E-state index is -3.72. The summed E-state index contributed by atoms with van der Waals surface area (Å²) in [5.41, 5.74) is 0.190. The fourth-order valence-corrected chi connectivity index (χ4v) is 3.41. The van der Waals surface area contributed by atoms with Crippen LogP contribution < -0.4 is 5.32 Å². The summed E-state index contributed by atoms with van der Waals surface area (Å²) in [4.78, 5) is 15.9. The Morgan fingerprint density at radius 1 is 1.38 bits per heavy atom. The first-order valence-corrected chi connectivity index (χ1v) is 8.45. The number of hydrogen-bond donors (Lipinski definition) is 1. The van der Waals surface area contributed by atoms with E-state index in [1.54, 1.807) is 11.6 Å². The van der Waals surface area contributed by atoms with E-state index < -0.39 is 15.9 Å². The van der Waals surface area contributed by atoms with Gasteiger partial charge in [0.25, 0.3) is 5.91 Å². The molecular formula is C12H12ClN3O3S2. The Labute approximate surface area is 131 Å². The van der Waals surface area contributed by atoms with Crippen molar-refractivity contribution in [3.63, 3.8) is 0 Å². The first-order valence-electron chi connectivity index (χ1n) is 5.75. The number of benzene rings is 1. The van der Waals surface area contributed by atoms with Gasteiger partial charge >= 0.3 is 0 Å². The van der Waals surface area contributed by atoms with Gasteiger partial charge in [-0.1, -0.05) is 11.6 Å². The molecule has 0 aliphatic carbocycles. The topological polar surface area (TPSA) is 79.4 Å². The molecule has 21 heavy (non-hydrogen) atoms. The molecule has 0 atom stereocenters. The Hall–Kier alpha value is -1.48. The predicted octanol–water partition coefficient (Wildman–Crippen LogP) is 2.30. The lowest BCUT2D eigenvalue weighted by atomic mass is 10.2. The van der Waals surface area contributed by atoms with Gasteiger partial charge in [0.05, 0.1) is 5.02 Å². The number of thiazole rings is 1. The minimum absolute atomic E-state index is 0.0644. The lowest BCUT2D eigenvalue weighted by Gasteiger charge is -2.13. The van der Waals surface area contributed by atoms with Crippen molar-refractivity contribution in [2.45, 2.75) is 4.90 Å². The Bertz CT molecular complexity index is 758. The normalized spacial score (nSPS) is 11.6. The lowest BCUT2D eigenvalue weighted by Crippen LogP contribution is -2.23. The van der Waals surface area contributed by atoms with E-state index in [1.165, 1.54) is 43.6 Å². The number of halogens is 1. The molecule has 0 unspecified atom stereocenters. The van der Waals surface area contributed by atoms with Gasteiger partial charge in [-0.15, -0.1) is 11.3 Å². The average molecular weight is 346 g/mol.